The van der Waals surface area contributed by atoms with Crippen molar-refractivity contribution in [2.45, 2.75) is 44.4 Å². The quantitative estimate of drug-likeness (QED) is 0.253. The van der Waals surface area contributed by atoms with Crippen molar-refractivity contribution in [2.75, 3.05) is 20.8 Å². The first-order chi connectivity index (χ1) is 10.6. The Kier molecular flexibility index (Phi) is 5.44. The highest BCUT2D eigenvalue weighted by molar-refractivity contribution is 5.89. The first-order valence-electron chi connectivity index (χ1n) is 6.82. The molecule has 1 aliphatic rings. The number of azide groups is 1. The maximum Gasteiger partial charge on any atom is 0.411 e. The van der Waals surface area contributed by atoms with Crippen LogP contribution in [-0.2, 0) is 23.8 Å². The van der Waals surface area contributed by atoms with E-state index in [1.165, 1.54) is 0 Å². The van der Waals surface area contributed by atoms with Crippen molar-refractivity contribution in [3.63, 3.8) is 0 Å². The molecule has 1 fully saturated rings. The van der Waals surface area contributed by atoms with Crippen molar-refractivity contribution in [3.8, 4) is 0 Å². The van der Waals surface area contributed by atoms with Crippen LogP contribution >= 0.6 is 0 Å². The minimum absolute atomic E-state index is 0.240. The van der Waals surface area contributed by atoms with E-state index in [1.807, 2.05) is 0 Å². The van der Waals surface area contributed by atoms with Crippen LogP contribution in [-0.4, -0.2) is 60.9 Å². The lowest BCUT2D eigenvalue weighted by molar-refractivity contribution is -0.146. The summed E-state index contributed by atoms with van der Waals surface area (Å²) in [7, 11) is 2.28. The Morgan fingerprint density at radius 1 is 1.26 bits per heavy atom. The van der Waals surface area contributed by atoms with Gasteiger partial charge in [0.2, 0.25) is 0 Å². The van der Waals surface area contributed by atoms with Gasteiger partial charge in [-0.2, -0.15) is 0 Å². The van der Waals surface area contributed by atoms with Gasteiger partial charge in [0.05, 0.1) is 14.2 Å². The van der Waals surface area contributed by atoms with Gasteiger partial charge in [-0.25, -0.2) is 9.59 Å². The fourth-order valence-electron chi connectivity index (χ4n) is 2.28. The summed E-state index contributed by atoms with van der Waals surface area (Å²) in [4.78, 5) is 39.9. The van der Waals surface area contributed by atoms with E-state index in [2.05, 4.69) is 19.5 Å². The third kappa shape index (κ3) is 4.04. The van der Waals surface area contributed by atoms with Gasteiger partial charge in [0.1, 0.15) is 11.6 Å². The Morgan fingerprint density at radius 3 is 2.30 bits per heavy atom. The summed E-state index contributed by atoms with van der Waals surface area (Å²) in [5.41, 5.74) is 6.24. The molecule has 0 radical (unpaired) electrons. The fourth-order valence-corrected chi connectivity index (χ4v) is 2.28. The third-order valence-electron chi connectivity index (χ3n) is 3.24. The van der Waals surface area contributed by atoms with Crippen LogP contribution in [0.1, 0.15) is 27.2 Å². The van der Waals surface area contributed by atoms with E-state index < -0.39 is 35.2 Å². The summed E-state index contributed by atoms with van der Waals surface area (Å²) >= 11 is 0. The van der Waals surface area contributed by atoms with Gasteiger partial charge in [-0.1, -0.05) is 5.11 Å². The maximum atomic E-state index is 12.3. The SMILES string of the molecule is COC(=O)[C@@H]1C[C@](N=[N+]=[N-])(C(=O)OC)CN1C(=O)OC(C)(C)C. The molecule has 1 aliphatic heterocycles. The molecule has 0 spiro atoms. The lowest BCUT2D eigenvalue weighted by Gasteiger charge is -2.27. The van der Waals surface area contributed by atoms with Gasteiger partial charge in [-0.05, 0) is 26.3 Å². The normalized spacial score (nSPS) is 23.7. The van der Waals surface area contributed by atoms with Crippen molar-refractivity contribution < 1.29 is 28.6 Å². The highest BCUT2D eigenvalue weighted by Crippen LogP contribution is 2.34. The summed E-state index contributed by atoms with van der Waals surface area (Å²) < 4.78 is 14.5. The van der Waals surface area contributed by atoms with E-state index in [9.17, 15) is 14.4 Å². The Balaban J connectivity index is 3.21. The number of likely N-dealkylation sites (tertiary alicyclic amines) is 1. The van der Waals surface area contributed by atoms with E-state index in [0.717, 1.165) is 19.1 Å². The molecule has 0 aromatic rings. The van der Waals surface area contributed by atoms with Crippen LogP contribution in [0.15, 0.2) is 5.11 Å². The summed E-state index contributed by atoms with van der Waals surface area (Å²) in [6, 6.07) is -1.11. The number of hydrogen-bond donors (Lipinski definition) is 0. The van der Waals surface area contributed by atoms with E-state index in [0.29, 0.717) is 0 Å². The molecular weight excluding hydrogens is 308 g/mol. The molecule has 0 aliphatic carbocycles. The minimum atomic E-state index is -1.70. The Hall–Kier alpha value is -2.48. The predicted molar refractivity (Wildman–Crippen MR) is 77.3 cm³/mol. The van der Waals surface area contributed by atoms with Crippen LogP contribution in [0.25, 0.3) is 10.4 Å². The fraction of sp³-hybridized carbons (Fsp3) is 0.769. The molecule has 128 valence electrons. The van der Waals surface area contributed by atoms with Gasteiger partial charge in [0, 0.05) is 17.9 Å². The highest BCUT2D eigenvalue weighted by Gasteiger charge is 2.55. The number of esters is 2. The molecule has 10 nitrogen and oxygen atoms in total. The minimum Gasteiger partial charge on any atom is -0.468 e. The molecule has 1 saturated heterocycles. The average molecular weight is 328 g/mol. The van der Waals surface area contributed by atoms with Gasteiger partial charge < -0.3 is 14.2 Å². The van der Waals surface area contributed by atoms with Gasteiger partial charge in [-0.15, -0.1) is 0 Å². The Bertz CT molecular complexity index is 551. The van der Waals surface area contributed by atoms with Crippen LogP contribution in [0.4, 0.5) is 4.79 Å². The van der Waals surface area contributed by atoms with Crippen molar-refractivity contribution in [1.29, 1.82) is 0 Å². The molecule has 2 atom stereocenters. The Labute approximate surface area is 133 Å². The molecular formula is C13H20N4O6. The van der Waals surface area contributed by atoms with E-state index in [4.69, 9.17) is 10.3 Å². The number of rotatable bonds is 3. The predicted octanol–water partition coefficient (Wildman–Crippen LogP) is 1.39. The highest BCUT2D eigenvalue weighted by atomic mass is 16.6. The summed E-state index contributed by atoms with van der Waals surface area (Å²) in [6.45, 7) is 4.65. The lowest BCUT2D eigenvalue weighted by atomic mass is 9.97. The third-order valence-corrected chi connectivity index (χ3v) is 3.24. The molecule has 0 N–H and O–H groups in total. The van der Waals surface area contributed by atoms with Crippen LogP contribution < -0.4 is 0 Å². The topological polar surface area (TPSA) is 131 Å². The second-order valence-corrected chi connectivity index (χ2v) is 6.06. The zero-order valence-corrected chi connectivity index (χ0v) is 13.7. The number of hydrogen-bond acceptors (Lipinski definition) is 7. The van der Waals surface area contributed by atoms with Crippen LogP contribution in [0.3, 0.4) is 0 Å². The van der Waals surface area contributed by atoms with E-state index in [-0.39, 0.29) is 13.0 Å². The standard InChI is InChI=1S/C13H20N4O6/c1-12(2,3)23-11(20)17-7-13(15-16-14,10(19)22-5)6-8(17)9(18)21-4/h8H,6-7H2,1-5H3/t8-,13+/m0/s1. The van der Waals surface area contributed by atoms with Crippen LogP contribution in [0.5, 0.6) is 0 Å². The summed E-state index contributed by atoms with van der Waals surface area (Å²) in [5.74, 6) is -1.58. The van der Waals surface area contributed by atoms with Crippen LogP contribution in [0, 0.1) is 0 Å². The van der Waals surface area contributed by atoms with E-state index in [1.54, 1.807) is 20.8 Å². The molecule has 0 aromatic carbocycles. The van der Waals surface area contributed by atoms with Crippen molar-refractivity contribution in [2.24, 2.45) is 5.11 Å². The van der Waals surface area contributed by atoms with Crippen LogP contribution in [0.2, 0.25) is 0 Å². The van der Waals surface area contributed by atoms with Crippen molar-refractivity contribution in [3.05, 3.63) is 10.4 Å². The van der Waals surface area contributed by atoms with Gasteiger partial charge >= 0.3 is 18.0 Å². The number of nitrogens with zero attached hydrogens (tertiary/aromatic N) is 4. The molecule has 0 saturated carbocycles. The second-order valence-electron chi connectivity index (χ2n) is 6.06. The number of amides is 1. The monoisotopic (exact) mass is 328 g/mol. The number of methoxy groups -OCH3 is 2. The summed E-state index contributed by atoms with van der Waals surface area (Å²) in [5, 5.41) is 3.47. The van der Waals surface area contributed by atoms with Gasteiger partial charge in [-0.3, -0.25) is 9.69 Å². The smallest absolute Gasteiger partial charge is 0.411 e. The molecule has 0 aromatic heterocycles. The zero-order valence-electron chi connectivity index (χ0n) is 13.7. The average Bonchev–Trinajstić information content (AvgIpc) is 2.85. The zero-order chi connectivity index (χ0) is 17.8. The molecule has 10 heteroatoms. The molecule has 0 unspecified atom stereocenters. The number of carbonyl (C=O) groups is 3. The Morgan fingerprint density at radius 2 is 1.87 bits per heavy atom. The largest absolute Gasteiger partial charge is 0.468 e. The second kappa shape index (κ2) is 6.74. The van der Waals surface area contributed by atoms with Crippen molar-refractivity contribution >= 4 is 18.0 Å². The van der Waals surface area contributed by atoms with Crippen molar-refractivity contribution in [1.82, 2.24) is 4.90 Å². The first kappa shape index (κ1) is 18.6. The van der Waals surface area contributed by atoms with Gasteiger partial charge in [0.25, 0.3) is 0 Å². The number of carbonyl (C=O) groups excluding carboxylic acids is 3. The first-order valence-corrected chi connectivity index (χ1v) is 6.82. The lowest BCUT2D eigenvalue weighted by Crippen LogP contribution is -2.45. The molecule has 1 heterocycles. The summed E-state index contributed by atoms with van der Waals surface area (Å²) in [6.07, 6.45) is -1.05. The molecule has 0 bridgehead atoms. The number of ether oxygens (including phenoxy) is 3. The molecule has 1 rings (SSSR count). The van der Waals surface area contributed by atoms with E-state index >= 15 is 0 Å². The maximum absolute atomic E-state index is 12.3. The molecule has 23 heavy (non-hydrogen) atoms. The van der Waals surface area contributed by atoms with Gasteiger partial charge in [0.15, 0.2) is 5.54 Å². The molecule has 1 amide bonds.